The number of piperidine rings is 2. The normalized spacial score (nSPS) is 16.5. The lowest BCUT2D eigenvalue weighted by molar-refractivity contribution is 0.164. The molecular formula is C96H113N25O5. The molecule has 126 heavy (non-hydrogen) atoms. The van der Waals surface area contributed by atoms with Gasteiger partial charge in [-0.15, -0.1) is 0 Å². The highest BCUT2D eigenvalue weighted by atomic mass is 16.3. The Morgan fingerprint density at radius 3 is 1.25 bits per heavy atom. The third kappa shape index (κ3) is 17.4. The maximum absolute atomic E-state index is 13.1. The summed E-state index contributed by atoms with van der Waals surface area (Å²) in [5, 5.41) is 32.0. The number of fused-ring (bicyclic) bond motifs is 8. The van der Waals surface area contributed by atoms with E-state index in [1.807, 2.05) is 160 Å². The van der Waals surface area contributed by atoms with Gasteiger partial charge in [0.1, 0.15) is 39.7 Å². The van der Waals surface area contributed by atoms with Gasteiger partial charge in [-0.2, -0.15) is 20.4 Å². The Kier molecular flexibility index (Phi) is 24.3. The molecule has 20 rings (SSSR count). The predicted octanol–water partition coefficient (Wildman–Crippen LogP) is 11.6. The maximum Gasteiger partial charge on any atom is 0.258 e. The summed E-state index contributed by atoms with van der Waals surface area (Å²) in [7, 11) is 4.07. The van der Waals surface area contributed by atoms with Crippen molar-refractivity contribution in [3.05, 3.63) is 243 Å². The van der Waals surface area contributed by atoms with Gasteiger partial charge in [0.25, 0.3) is 22.2 Å². The van der Waals surface area contributed by atoms with Gasteiger partial charge in [-0.1, -0.05) is 45.9 Å². The smallest absolute Gasteiger partial charge is 0.258 e. The second-order valence-corrected chi connectivity index (χ2v) is 34.7. The summed E-state index contributed by atoms with van der Waals surface area (Å²) >= 11 is 0. The number of aromatic nitrogens is 19. The zero-order valence-corrected chi connectivity index (χ0v) is 75.0. The summed E-state index contributed by atoms with van der Waals surface area (Å²) in [4.78, 5) is 97.3. The largest absolute Gasteiger partial charge is 0.395 e. The molecule has 30 heteroatoms. The Hall–Kier alpha value is -12.6. The number of aliphatic hydroxyl groups is 1. The fourth-order valence-corrected chi connectivity index (χ4v) is 18.5. The molecule has 0 aliphatic carbocycles. The minimum Gasteiger partial charge on any atom is -0.395 e. The van der Waals surface area contributed by atoms with E-state index in [1.54, 1.807) is 41.9 Å². The molecule has 0 unspecified atom stereocenters. The molecule has 4 fully saturated rings. The Morgan fingerprint density at radius 1 is 0.421 bits per heavy atom. The number of likely N-dealkylation sites (tertiary alicyclic amines) is 2. The van der Waals surface area contributed by atoms with Crippen LogP contribution in [-0.4, -0.2) is 215 Å². The van der Waals surface area contributed by atoms with Crippen LogP contribution in [0.25, 0.3) is 95.5 Å². The third-order valence-corrected chi connectivity index (χ3v) is 25.6. The van der Waals surface area contributed by atoms with Gasteiger partial charge in [-0.3, -0.25) is 56.4 Å². The van der Waals surface area contributed by atoms with Crippen molar-refractivity contribution in [1.29, 1.82) is 0 Å². The zero-order valence-electron chi connectivity index (χ0n) is 75.0. The minimum absolute atomic E-state index is 0.0612. The van der Waals surface area contributed by atoms with E-state index < -0.39 is 0 Å². The van der Waals surface area contributed by atoms with Crippen molar-refractivity contribution in [2.75, 3.05) is 102 Å². The number of hydrogen-bond donors (Lipinski definition) is 2. The number of anilines is 2. The standard InChI is InChI=1S/C25H30N6O.C24H29N7O.C24H27N5O2.C23H27N7O/c1-5-20-23-12-22(28-31(23)14-17(4)26-20)21-13-24(32)30-15-19(11-16(3)25(30)27-21)18-7-9-29(6-2)10-8-18;1-6-19-22-10-21(27-31(22)12-16(3)25-19)20-11-23(32)30-14-18(9-15(2)24(30)26-20)29-8-7-28(5)17(4)13-29;1-16-11-20(17-5-7-28(8-6-17)9-10-30)15-29-23(31)13-21(26-24(16)29)18-3-4-22-19(12-18)14-25-27(22)2;1-5-18-21-9-20(27-30(21)12-16(4)25-18)19-10-22(31)29-13-17(8-14(2)23(29)26-19)28-7-6-24-15(3)11-28/h11-15,18H,5-10H2,1-4H3;9-12,14,17H,6-8,13H2,1-5H3;3-4,11-15,17,30H,5-10H2,1-2H3;8-10,12-13,15,24H,5-7,11H2,1-4H3/t;17-;;15-/m.0.0/s1. The van der Waals surface area contributed by atoms with Crippen molar-refractivity contribution < 1.29 is 5.11 Å². The number of piperazine rings is 2. The summed E-state index contributed by atoms with van der Waals surface area (Å²) in [5.74, 6) is 0.923. The number of pyridine rings is 4. The van der Waals surface area contributed by atoms with Crippen molar-refractivity contribution in [1.82, 2.24) is 111 Å². The number of hydrogen-bond acceptors (Lipinski definition) is 22. The molecule has 0 saturated carbocycles. The monoisotopic (exact) mass is 1700 g/mol. The SMILES string of the molecule is CCc1nc(C)cn2nc(-c3cc(=O)n4cc(C5CCN(CC)CC5)cc(C)c4n3)cc12.CCc1nc(C)cn2nc(-c3cc(=O)n4cc(N5CCN(C)[C@@H](C)C5)cc(C)c4n3)cc12.CCc1nc(C)cn2nc(-c3cc(=O)n4cc(N5CCN[C@@H](C)C5)cc(C)c4n3)cc12.Cc1cc(C2CCN(CCO)CC2)cn2c(=O)cc(-c3ccc4c(cnn4C)c3)nc12. The van der Waals surface area contributed by atoms with Crippen LogP contribution in [0.3, 0.4) is 0 Å². The lowest BCUT2D eigenvalue weighted by Crippen LogP contribution is -2.50. The minimum atomic E-state index is -0.102. The van der Waals surface area contributed by atoms with Gasteiger partial charge < -0.3 is 34.9 Å². The fourth-order valence-electron chi connectivity index (χ4n) is 18.5. The molecule has 0 bridgehead atoms. The number of aliphatic hydroxyl groups excluding tert-OH is 1. The molecule has 30 nitrogen and oxygen atoms in total. The summed E-state index contributed by atoms with van der Waals surface area (Å²) in [6, 6.07) is 27.9. The van der Waals surface area contributed by atoms with E-state index in [-0.39, 0.29) is 28.8 Å². The van der Waals surface area contributed by atoms with Crippen molar-refractivity contribution in [2.24, 2.45) is 7.05 Å². The van der Waals surface area contributed by atoms with Crippen LogP contribution in [0.4, 0.5) is 11.4 Å². The Bertz CT molecular complexity index is 7090. The molecule has 0 amide bonds. The van der Waals surface area contributed by atoms with Crippen LogP contribution in [0.15, 0.2) is 154 Å². The molecule has 4 saturated heterocycles. The molecule has 4 aliphatic heterocycles. The van der Waals surface area contributed by atoms with Crippen LogP contribution >= 0.6 is 0 Å². The molecule has 2 atom stereocenters. The number of aryl methyl sites for hydroxylation is 11. The summed E-state index contributed by atoms with van der Waals surface area (Å²) < 4.78 is 14.1. The molecule has 16 aromatic rings. The highest BCUT2D eigenvalue weighted by Gasteiger charge is 2.28. The average Bonchev–Trinajstić information content (AvgIpc) is 1.51. The van der Waals surface area contributed by atoms with E-state index in [2.05, 4.69) is 133 Å². The van der Waals surface area contributed by atoms with Gasteiger partial charge in [-0.25, -0.2) is 33.5 Å². The number of rotatable bonds is 14. The quantitative estimate of drug-likeness (QED) is 0.102. The molecular weight excluding hydrogens is 1580 g/mol. The van der Waals surface area contributed by atoms with Gasteiger partial charge in [0.2, 0.25) is 0 Å². The van der Waals surface area contributed by atoms with E-state index in [9.17, 15) is 19.2 Å². The van der Waals surface area contributed by atoms with Crippen molar-refractivity contribution in [3.8, 4) is 45.4 Å². The van der Waals surface area contributed by atoms with Gasteiger partial charge in [0.15, 0.2) is 0 Å². The van der Waals surface area contributed by atoms with Crippen LogP contribution in [-0.2, 0) is 26.3 Å². The van der Waals surface area contributed by atoms with Crippen LogP contribution in [0, 0.1) is 48.5 Å². The maximum atomic E-state index is 13.1. The van der Waals surface area contributed by atoms with E-state index in [1.165, 1.54) is 11.1 Å². The lowest BCUT2D eigenvalue weighted by Gasteiger charge is -2.39. The van der Waals surface area contributed by atoms with E-state index in [0.29, 0.717) is 86.4 Å². The summed E-state index contributed by atoms with van der Waals surface area (Å²) in [6.45, 7) is 38.7. The first-order chi connectivity index (χ1) is 60.7. The zero-order chi connectivity index (χ0) is 88.2. The Balaban J connectivity index is 0.000000119. The van der Waals surface area contributed by atoms with Crippen molar-refractivity contribution in [3.63, 3.8) is 0 Å². The van der Waals surface area contributed by atoms with E-state index in [4.69, 9.17) is 30.1 Å². The molecule has 2 N–H and O–H groups in total. The number of β-amino-alcohol motifs (C(OH)–C–C–N with tert-alkyl or cyclic N) is 1. The second-order valence-electron chi connectivity index (χ2n) is 34.7. The first-order valence-electron chi connectivity index (χ1n) is 44.4. The summed E-state index contributed by atoms with van der Waals surface area (Å²) in [6.07, 6.45) is 22.1. The molecule has 652 valence electrons. The van der Waals surface area contributed by atoms with Crippen LogP contribution in [0.5, 0.6) is 0 Å². The van der Waals surface area contributed by atoms with Gasteiger partial charge in [0, 0.05) is 125 Å². The van der Waals surface area contributed by atoms with E-state index >= 15 is 0 Å². The molecule has 19 heterocycles. The van der Waals surface area contributed by atoms with Crippen molar-refractivity contribution >= 4 is 61.4 Å². The average molecular weight is 1700 g/mol. The summed E-state index contributed by atoms with van der Waals surface area (Å²) in [5.41, 5.74) is 26.0. The second kappa shape index (κ2) is 35.8. The predicted molar refractivity (Wildman–Crippen MR) is 496 cm³/mol. The molecule has 4 aliphatic rings. The highest BCUT2D eigenvalue weighted by molar-refractivity contribution is 5.84. The Morgan fingerprint density at radius 2 is 0.833 bits per heavy atom. The fraction of sp³-hybridized carbons (Fsp3) is 0.406. The molecule has 15 aromatic heterocycles. The molecule has 0 radical (unpaired) electrons. The van der Waals surface area contributed by atoms with Crippen molar-refractivity contribution in [2.45, 2.75) is 159 Å². The molecule has 1 aromatic carbocycles. The topological polar surface area (TPSA) is 294 Å². The van der Waals surface area contributed by atoms with E-state index in [0.717, 1.165) is 224 Å². The number of likely N-dealkylation sites (N-methyl/N-ethyl adjacent to an activating group) is 1. The van der Waals surface area contributed by atoms with Crippen LogP contribution in [0.1, 0.15) is 147 Å². The first kappa shape index (κ1) is 85.6. The number of benzene rings is 1. The van der Waals surface area contributed by atoms with Crippen LogP contribution < -0.4 is 37.4 Å². The number of nitrogens with one attached hydrogen (secondary N) is 1. The lowest BCUT2D eigenvalue weighted by atomic mass is 9.90. The molecule has 0 spiro atoms. The van der Waals surface area contributed by atoms with Gasteiger partial charge in [-0.05, 0) is 235 Å². The third-order valence-electron chi connectivity index (χ3n) is 25.6. The van der Waals surface area contributed by atoms with Gasteiger partial charge >= 0.3 is 0 Å². The van der Waals surface area contributed by atoms with Crippen LogP contribution in [0.2, 0.25) is 0 Å². The first-order valence-corrected chi connectivity index (χ1v) is 44.4. The van der Waals surface area contributed by atoms with Gasteiger partial charge in [0.05, 0.1) is 122 Å². The highest BCUT2D eigenvalue weighted by Crippen LogP contribution is 2.34. The number of nitrogens with zero attached hydrogens (tertiary/aromatic N) is 24. The Labute approximate surface area is 730 Å².